The van der Waals surface area contributed by atoms with E-state index < -0.39 is 0 Å². The molecule has 2 atom stereocenters. The lowest BCUT2D eigenvalue weighted by Crippen LogP contribution is -2.40. The fourth-order valence-electron chi connectivity index (χ4n) is 3.76. The molecule has 1 saturated carbocycles. The Morgan fingerprint density at radius 3 is 2.37 bits per heavy atom. The van der Waals surface area contributed by atoms with Crippen molar-refractivity contribution in [3.63, 3.8) is 0 Å². The Balaban J connectivity index is 1.68. The van der Waals surface area contributed by atoms with Crippen molar-refractivity contribution in [3.05, 3.63) is 0 Å². The van der Waals surface area contributed by atoms with Gasteiger partial charge in [-0.3, -0.25) is 0 Å². The Kier molecular flexibility index (Phi) is 6.11. The van der Waals surface area contributed by atoms with Crippen molar-refractivity contribution < 1.29 is 4.74 Å². The first-order chi connectivity index (χ1) is 9.22. The van der Waals surface area contributed by atoms with Crippen LogP contribution in [0.1, 0.15) is 51.9 Å². The third-order valence-electron chi connectivity index (χ3n) is 5.14. The van der Waals surface area contributed by atoms with Crippen LogP contribution < -0.4 is 5.32 Å². The molecule has 0 aromatic carbocycles. The predicted molar refractivity (Wildman–Crippen MR) is 80.5 cm³/mol. The van der Waals surface area contributed by atoms with Gasteiger partial charge < -0.3 is 15.0 Å². The van der Waals surface area contributed by atoms with Crippen molar-refractivity contribution in [1.82, 2.24) is 10.2 Å². The molecule has 2 unspecified atom stereocenters. The fourth-order valence-corrected chi connectivity index (χ4v) is 3.76. The summed E-state index contributed by atoms with van der Waals surface area (Å²) in [7, 11) is 4.31. The van der Waals surface area contributed by atoms with Crippen LogP contribution in [0, 0.1) is 5.92 Å². The number of nitrogens with one attached hydrogen (secondary N) is 1. The lowest BCUT2D eigenvalue weighted by Gasteiger charge is -2.35. The van der Waals surface area contributed by atoms with Gasteiger partial charge in [0.25, 0.3) is 0 Å². The highest BCUT2D eigenvalue weighted by Crippen LogP contribution is 2.30. The molecular formula is C16H32N2O. The van der Waals surface area contributed by atoms with Gasteiger partial charge in [0, 0.05) is 19.1 Å². The van der Waals surface area contributed by atoms with E-state index in [4.69, 9.17) is 4.74 Å². The molecule has 3 heteroatoms. The Hall–Kier alpha value is -0.120. The second kappa shape index (κ2) is 7.61. The number of hydrogen-bond acceptors (Lipinski definition) is 3. The first-order valence-electron chi connectivity index (χ1n) is 8.23. The van der Waals surface area contributed by atoms with Gasteiger partial charge in [-0.1, -0.05) is 13.3 Å². The van der Waals surface area contributed by atoms with Gasteiger partial charge in [0.05, 0.1) is 12.2 Å². The van der Waals surface area contributed by atoms with E-state index in [1.54, 1.807) is 0 Å². The molecule has 1 saturated heterocycles. The summed E-state index contributed by atoms with van der Waals surface area (Å²) in [5, 5.41) is 3.22. The third-order valence-corrected chi connectivity index (χ3v) is 5.14. The zero-order valence-corrected chi connectivity index (χ0v) is 13.0. The molecule has 1 N–H and O–H groups in total. The van der Waals surface area contributed by atoms with Crippen LogP contribution in [0.15, 0.2) is 0 Å². The maximum absolute atomic E-state index is 6.10. The second-order valence-electron chi connectivity index (χ2n) is 6.54. The Bertz CT molecular complexity index is 251. The molecule has 2 aliphatic rings. The molecule has 0 spiro atoms. The number of likely N-dealkylation sites (N-methyl/N-ethyl adjacent to an activating group) is 2. The molecule has 112 valence electrons. The fraction of sp³-hybridized carbons (Fsp3) is 1.00. The van der Waals surface area contributed by atoms with E-state index in [2.05, 4.69) is 24.2 Å². The van der Waals surface area contributed by atoms with Crippen molar-refractivity contribution >= 4 is 0 Å². The summed E-state index contributed by atoms with van der Waals surface area (Å²) in [6, 6.07) is 0.801. The number of rotatable bonds is 6. The Morgan fingerprint density at radius 1 is 1.05 bits per heavy atom. The normalized spacial score (nSPS) is 36.0. The smallest absolute Gasteiger partial charge is 0.0707 e. The molecule has 0 aromatic rings. The molecule has 1 aliphatic heterocycles. The van der Waals surface area contributed by atoms with Gasteiger partial charge in [-0.25, -0.2) is 0 Å². The molecule has 0 bridgehead atoms. The van der Waals surface area contributed by atoms with E-state index in [0.717, 1.165) is 25.0 Å². The highest BCUT2D eigenvalue weighted by atomic mass is 16.5. The quantitative estimate of drug-likeness (QED) is 0.801. The maximum Gasteiger partial charge on any atom is 0.0707 e. The lowest BCUT2D eigenvalue weighted by atomic mass is 9.84. The number of nitrogens with zero attached hydrogens (tertiary/aromatic N) is 1. The molecule has 3 nitrogen and oxygen atoms in total. The standard InChI is InChI=1S/C16H32N2O/c1-4-13-5-7-14(8-6-13)18(3)12-16-10-9-15(19-16)11-17-2/h13-17H,4-12H2,1-3H3. The molecule has 1 aliphatic carbocycles. The van der Waals surface area contributed by atoms with Gasteiger partial charge >= 0.3 is 0 Å². The summed E-state index contributed by atoms with van der Waals surface area (Å²) in [6.45, 7) is 4.46. The summed E-state index contributed by atoms with van der Waals surface area (Å²) in [5.41, 5.74) is 0. The Morgan fingerprint density at radius 2 is 1.74 bits per heavy atom. The van der Waals surface area contributed by atoms with Gasteiger partial charge in [-0.2, -0.15) is 0 Å². The molecule has 19 heavy (non-hydrogen) atoms. The van der Waals surface area contributed by atoms with Gasteiger partial charge in [-0.15, -0.1) is 0 Å². The monoisotopic (exact) mass is 268 g/mol. The Labute approximate surface area is 119 Å². The minimum atomic E-state index is 0.444. The van der Waals surface area contributed by atoms with Crippen LogP contribution in [0.3, 0.4) is 0 Å². The van der Waals surface area contributed by atoms with Crippen molar-refractivity contribution in [2.75, 3.05) is 27.2 Å². The van der Waals surface area contributed by atoms with Crippen LogP contribution >= 0.6 is 0 Å². The number of hydrogen-bond donors (Lipinski definition) is 1. The van der Waals surface area contributed by atoms with E-state index in [0.29, 0.717) is 12.2 Å². The molecule has 0 radical (unpaired) electrons. The third kappa shape index (κ3) is 4.44. The van der Waals surface area contributed by atoms with Crippen molar-refractivity contribution in [2.24, 2.45) is 5.92 Å². The average Bonchev–Trinajstić information content (AvgIpc) is 2.86. The maximum atomic E-state index is 6.10. The van der Waals surface area contributed by atoms with Crippen LogP contribution in [0.2, 0.25) is 0 Å². The van der Waals surface area contributed by atoms with Crippen molar-refractivity contribution in [3.8, 4) is 0 Å². The second-order valence-corrected chi connectivity index (χ2v) is 6.54. The van der Waals surface area contributed by atoms with Crippen LogP contribution in [-0.4, -0.2) is 50.3 Å². The molecule has 1 heterocycles. The summed E-state index contributed by atoms with van der Waals surface area (Å²) in [6.07, 6.45) is 10.4. The number of ether oxygens (including phenoxy) is 1. The van der Waals surface area contributed by atoms with Gasteiger partial charge in [0.15, 0.2) is 0 Å². The van der Waals surface area contributed by atoms with E-state index in [1.807, 2.05) is 7.05 Å². The van der Waals surface area contributed by atoms with Gasteiger partial charge in [-0.05, 0) is 58.5 Å². The largest absolute Gasteiger partial charge is 0.372 e. The summed E-state index contributed by atoms with van der Waals surface area (Å²) in [5.74, 6) is 0.993. The highest BCUT2D eigenvalue weighted by Gasteiger charge is 2.29. The molecule has 0 aromatic heterocycles. The zero-order chi connectivity index (χ0) is 13.7. The van der Waals surface area contributed by atoms with Gasteiger partial charge in [0.1, 0.15) is 0 Å². The van der Waals surface area contributed by atoms with E-state index in [-0.39, 0.29) is 0 Å². The van der Waals surface area contributed by atoms with Crippen LogP contribution in [-0.2, 0) is 4.74 Å². The van der Waals surface area contributed by atoms with Crippen LogP contribution in [0.25, 0.3) is 0 Å². The summed E-state index contributed by atoms with van der Waals surface area (Å²) < 4.78 is 6.10. The van der Waals surface area contributed by atoms with Gasteiger partial charge in [0.2, 0.25) is 0 Å². The molecule has 0 amide bonds. The van der Waals surface area contributed by atoms with E-state index >= 15 is 0 Å². The van der Waals surface area contributed by atoms with E-state index in [1.165, 1.54) is 44.9 Å². The van der Waals surface area contributed by atoms with Crippen LogP contribution in [0.5, 0.6) is 0 Å². The lowest BCUT2D eigenvalue weighted by molar-refractivity contribution is 0.0161. The molecule has 2 rings (SSSR count). The molecule has 2 fully saturated rings. The summed E-state index contributed by atoms with van der Waals surface area (Å²) in [4.78, 5) is 2.57. The highest BCUT2D eigenvalue weighted by molar-refractivity contribution is 4.82. The van der Waals surface area contributed by atoms with Crippen LogP contribution in [0.4, 0.5) is 0 Å². The molecular weight excluding hydrogens is 236 g/mol. The first kappa shape index (κ1) is 15.3. The van der Waals surface area contributed by atoms with E-state index in [9.17, 15) is 0 Å². The first-order valence-corrected chi connectivity index (χ1v) is 8.23. The average molecular weight is 268 g/mol. The predicted octanol–water partition coefficient (Wildman–Crippen LogP) is 2.65. The minimum Gasteiger partial charge on any atom is -0.372 e. The summed E-state index contributed by atoms with van der Waals surface area (Å²) >= 11 is 0. The zero-order valence-electron chi connectivity index (χ0n) is 13.0. The van der Waals surface area contributed by atoms with Crippen molar-refractivity contribution in [1.29, 1.82) is 0 Å². The topological polar surface area (TPSA) is 24.5 Å². The van der Waals surface area contributed by atoms with Crippen molar-refractivity contribution in [2.45, 2.75) is 70.1 Å². The SMILES string of the molecule is CCC1CCC(N(C)CC2CCC(CNC)O2)CC1. The minimum absolute atomic E-state index is 0.444.